The van der Waals surface area contributed by atoms with E-state index in [1.54, 1.807) is 32.2 Å². The van der Waals surface area contributed by atoms with E-state index in [9.17, 15) is 4.79 Å². The van der Waals surface area contributed by atoms with E-state index in [1.807, 2.05) is 41.8 Å². The lowest BCUT2D eigenvalue weighted by Crippen LogP contribution is -2.47. The second-order valence-electron chi connectivity index (χ2n) is 5.86. The minimum atomic E-state index is -0.816. The summed E-state index contributed by atoms with van der Waals surface area (Å²) in [6, 6.07) is 16.2. The summed E-state index contributed by atoms with van der Waals surface area (Å²) in [6.45, 7) is 3.65. The van der Waals surface area contributed by atoms with Crippen LogP contribution in [0.2, 0.25) is 0 Å². The van der Waals surface area contributed by atoms with Gasteiger partial charge in [0, 0.05) is 11.9 Å². The number of hydrogen-bond donors (Lipinski definition) is 1. The minimum Gasteiger partial charge on any atom is -0.326 e. The molecule has 0 aliphatic carbocycles. The van der Waals surface area contributed by atoms with E-state index in [1.165, 1.54) is 4.90 Å². The summed E-state index contributed by atoms with van der Waals surface area (Å²) in [5.74, 6) is -0.103. The second kappa shape index (κ2) is 7.40. The molecule has 1 atom stereocenters. The van der Waals surface area contributed by atoms with Crippen LogP contribution in [0.25, 0.3) is 0 Å². The summed E-state index contributed by atoms with van der Waals surface area (Å²) in [5.41, 5.74) is 0.300. The summed E-state index contributed by atoms with van der Waals surface area (Å²) in [6.07, 6.45) is 0. The van der Waals surface area contributed by atoms with Gasteiger partial charge in [-0.25, -0.2) is 0 Å². The Labute approximate surface area is 141 Å². The molecule has 0 saturated heterocycles. The number of nitrogens with zero attached hydrogens (tertiary/aromatic N) is 2. The van der Waals surface area contributed by atoms with E-state index < -0.39 is 5.54 Å². The Morgan fingerprint density at radius 3 is 2.57 bits per heavy atom. The molecule has 23 heavy (non-hydrogen) atoms. The van der Waals surface area contributed by atoms with Crippen LogP contribution in [-0.4, -0.2) is 29.9 Å². The summed E-state index contributed by atoms with van der Waals surface area (Å²) >= 11 is 1.66. The average Bonchev–Trinajstić information content (AvgIpc) is 3.09. The number of likely N-dealkylation sites (N-methyl/N-ethyl adjacent to an activating group) is 1. The summed E-state index contributed by atoms with van der Waals surface area (Å²) < 4.78 is 0. The summed E-state index contributed by atoms with van der Waals surface area (Å²) in [7, 11) is 1.66. The monoisotopic (exact) mass is 327 g/mol. The highest BCUT2D eigenvalue weighted by Gasteiger charge is 2.27. The van der Waals surface area contributed by atoms with E-state index in [4.69, 9.17) is 5.26 Å². The largest absolute Gasteiger partial charge is 0.326 e. The first-order valence-electron chi connectivity index (χ1n) is 7.45. The first-order valence-corrected chi connectivity index (χ1v) is 8.33. The predicted molar refractivity (Wildman–Crippen MR) is 93.1 cm³/mol. The molecule has 1 N–H and O–H groups in total. The molecule has 0 aliphatic rings. The molecule has 1 aromatic heterocycles. The van der Waals surface area contributed by atoms with Crippen molar-refractivity contribution in [1.29, 1.82) is 5.26 Å². The highest BCUT2D eigenvalue weighted by molar-refractivity contribution is 7.10. The number of carbonyl (C=O) groups excluding carboxylic acids is 1. The van der Waals surface area contributed by atoms with E-state index in [-0.39, 0.29) is 18.5 Å². The van der Waals surface area contributed by atoms with Crippen molar-refractivity contribution in [1.82, 2.24) is 10.2 Å². The third-order valence-corrected chi connectivity index (χ3v) is 4.84. The standard InChI is InChI=1S/C18H21N3OS/c1-18(2,13-19)21(3)16(22)12-20-17(15-10-7-11-23-15)14-8-5-4-6-9-14/h4-11,17,20H,12H2,1-3H3/t17-/m1/s1. The SMILES string of the molecule is CN(C(=O)CN[C@H](c1ccccc1)c1cccs1)C(C)(C)C#N. The Balaban J connectivity index is 2.12. The molecule has 120 valence electrons. The molecule has 4 nitrogen and oxygen atoms in total. The zero-order valence-electron chi connectivity index (χ0n) is 13.6. The molecule has 5 heteroatoms. The Kier molecular flexibility index (Phi) is 5.54. The minimum absolute atomic E-state index is 0.0289. The summed E-state index contributed by atoms with van der Waals surface area (Å²) in [5, 5.41) is 14.5. The van der Waals surface area contributed by atoms with Gasteiger partial charge in [0.25, 0.3) is 0 Å². The highest BCUT2D eigenvalue weighted by atomic mass is 32.1. The Bertz CT molecular complexity index is 674. The van der Waals surface area contributed by atoms with Crippen LogP contribution >= 0.6 is 11.3 Å². The van der Waals surface area contributed by atoms with E-state index in [0.29, 0.717) is 0 Å². The normalized spacial score (nSPS) is 12.4. The van der Waals surface area contributed by atoms with Crippen molar-refractivity contribution in [2.24, 2.45) is 0 Å². The molecule has 0 unspecified atom stereocenters. The van der Waals surface area contributed by atoms with Gasteiger partial charge in [0.05, 0.1) is 18.7 Å². The van der Waals surface area contributed by atoms with E-state index in [2.05, 4.69) is 17.5 Å². The molecule has 2 rings (SSSR count). The van der Waals surface area contributed by atoms with E-state index in [0.717, 1.165) is 10.4 Å². The Morgan fingerprint density at radius 2 is 2.00 bits per heavy atom. The molecular formula is C18H21N3OS. The maximum atomic E-state index is 12.4. The lowest BCUT2D eigenvalue weighted by atomic mass is 10.0. The number of rotatable bonds is 6. The van der Waals surface area contributed by atoms with Gasteiger partial charge in [0.1, 0.15) is 5.54 Å². The third kappa shape index (κ3) is 4.19. The topological polar surface area (TPSA) is 56.1 Å². The van der Waals surface area contributed by atoms with Crippen molar-refractivity contribution in [2.75, 3.05) is 13.6 Å². The van der Waals surface area contributed by atoms with Gasteiger partial charge in [-0.1, -0.05) is 36.4 Å². The molecule has 0 fully saturated rings. The zero-order chi connectivity index (χ0) is 16.9. The zero-order valence-corrected chi connectivity index (χ0v) is 14.4. The van der Waals surface area contributed by atoms with Gasteiger partial charge in [-0.05, 0) is 30.9 Å². The molecule has 0 saturated carbocycles. The number of benzene rings is 1. The van der Waals surface area contributed by atoms with Crippen LogP contribution in [0.4, 0.5) is 0 Å². The first-order chi connectivity index (χ1) is 11.0. The van der Waals surface area contributed by atoms with E-state index >= 15 is 0 Å². The fourth-order valence-corrected chi connectivity index (χ4v) is 3.01. The van der Waals surface area contributed by atoms with Gasteiger partial charge in [0.15, 0.2) is 0 Å². The second-order valence-corrected chi connectivity index (χ2v) is 6.84. The molecule has 0 bridgehead atoms. The van der Waals surface area contributed by atoms with Crippen LogP contribution in [0.5, 0.6) is 0 Å². The number of nitriles is 1. The number of nitrogens with one attached hydrogen (secondary N) is 1. The average molecular weight is 327 g/mol. The predicted octanol–water partition coefficient (Wildman–Crippen LogP) is 3.19. The van der Waals surface area contributed by atoms with Crippen LogP contribution in [0, 0.1) is 11.3 Å². The highest BCUT2D eigenvalue weighted by Crippen LogP contribution is 2.25. The van der Waals surface area contributed by atoms with Gasteiger partial charge in [-0.3, -0.25) is 10.1 Å². The number of hydrogen-bond acceptors (Lipinski definition) is 4. The fourth-order valence-electron chi connectivity index (χ4n) is 2.18. The lowest BCUT2D eigenvalue weighted by molar-refractivity contribution is -0.132. The molecule has 0 spiro atoms. The van der Waals surface area contributed by atoms with Crippen molar-refractivity contribution in [3.63, 3.8) is 0 Å². The van der Waals surface area contributed by atoms with Crippen molar-refractivity contribution >= 4 is 17.2 Å². The Hall–Kier alpha value is -2.16. The molecule has 1 amide bonds. The van der Waals surface area contributed by atoms with Crippen LogP contribution in [0.1, 0.15) is 30.3 Å². The van der Waals surface area contributed by atoms with Crippen LogP contribution in [-0.2, 0) is 4.79 Å². The molecule has 0 radical (unpaired) electrons. The molecule has 1 aromatic carbocycles. The quantitative estimate of drug-likeness (QED) is 0.886. The van der Waals surface area contributed by atoms with Crippen LogP contribution in [0.15, 0.2) is 47.8 Å². The maximum absolute atomic E-state index is 12.4. The van der Waals surface area contributed by atoms with Gasteiger partial charge >= 0.3 is 0 Å². The molecule has 2 aromatic rings. The number of thiophene rings is 1. The smallest absolute Gasteiger partial charge is 0.237 e. The fraction of sp³-hybridized carbons (Fsp3) is 0.333. The molecular weight excluding hydrogens is 306 g/mol. The van der Waals surface area contributed by atoms with Crippen molar-refractivity contribution in [3.8, 4) is 6.07 Å². The maximum Gasteiger partial charge on any atom is 0.237 e. The number of amides is 1. The lowest BCUT2D eigenvalue weighted by Gasteiger charge is -2.30. The summed E-state index contributed by atoms with van der Waals surface area (Å²) in [4.78, 5) is 15.0. The number of carbonyl (C=O) groups is 1. The van der Waals surface area contributed by atoms with Crippen molar-refractivity contribution < 1.29 is 4.79 Å². The van der Waals surface area contributed by atoms with Gasteiger partial charge in [-0.2, -0.15) is 5.26 Å². The van der Waals surface area contributed by atoms with Crippen LogP contribution < -0.4 is 5.32 Å². The first kappa shape index (κ1) is 17.2. The van der Waals surface area contributed by atoms with Crippen molar-refractivity contribution in [3.05, 3.63) is 58.3 Å². The van der Waals surface area contributed by atoms with Gasteiger partial charge in [0.2, 0.25) is 5.91 Å². The Morgan fingerprint density at radius 1 is 1.30 bits per heavy atom. The molecule has 0 aliphatic heterocycles. The van der Waals surface area contributed by atoms with Crippen molar-refractivity contribution in [2.45, 2.75) is 25.4 Å². The van der Waals surface area contributed by atoms with Gasteiger partial charge in [-0.15, -0.1) is 11.3 Å². The molecule has 1 heterocycles. The third-order valence-electron chi connectivity index (χ3n) is 3.90. The van der Waals surface area contributed by atoms with Crippen LogP contribution in [0.3, 0.4) is 0 Å². The van der Waals surface area contributed by atoms with Gasteiger partial charge < -0.3 is 4.90 Å².